The van der Waals surface area contributed by atoms with E-state index < -0.39 is 23.3 Å². The lowest BCUT2D eigenvalue weighted by atomic mass is 10.1. The van der Waals surface area contributed by atoms with Gasteiger partial charge in [0.2, 0.25) is 0 Å². The molecule has 3 aromatic carbocycles. The number of benzene rings is 3. The molecule has 0 unspecified atom stereocenters. The third-order valence-corrected chi connectivity index (χ3v) is 4.21. The van der Waals surface area contributed by atoms with Crippen LogP contribution >= 0.6 is 0 Å². The molecule has 0 bridgehead atoms. The Morgan fingerprint density at radius 2 is 1.48 bits per heavy atom. The summed E-state index contributed by atoms with van der Waals surface area (Å²) in [5.41, 5.74) is 3.88. The van der Waals surface area contributed by atoms with Crippen LogP contribution in [0.5, 0.6) is 0 Å². The smallest absolute Gasteiger partial charge is 0.322 e. The molecule has 0 aromatic heterocycles. The molecule has 0 aliphatic heterocycles. The summed E-state index contributed by atoms with van der Waals surface area (Å²) >= 11 is 0. The number of nitrogens with one attached hydrogen (secondary N) is 3. The highest BCUT2D eigenvalue weighted by molar-refractivity contribution is 6.04. The Labute approximate surface area is 175 Å². The van der Waals surface area contributed by atoms with Gasteiger partial charge < -0.3 is 5.32 Å². The van der Waals surface area contributed by atoms with Gasteiger partial charge in [-0.3, -0.25) is 20.4 Å². The van der Waals surface area contributed by atoms with E-state index in [1.54, 1.807) is 36.4 Å². The molecule has 0 spiro atoms. The van der Waals surface area contributed by atoms with E-state index in [9.17, 15) is 22.8 Å². The average Bonchev–Trinajstić information content (AvgIpc) is 2.77. The van der Waals surface area contributed by atoms with Gasteiger partial charge in [0.15, 0.2) is 0 Å². The fourth-order valence-corrected chi connectivity index (χ4v) is 2.65. The number of amides is 2. The van der Waals surface area contributed by atoms with Crippen molar-refractivity contribution in [2.24, 2.45) is 0 Å². The Kier molecular flexibility index (Phi) is 6.21. The molecule has 31 heavy (non-hydrogen) atoms. The summed E-state index contributed by atoms with van der Waals surface area (Å²) in [6.07, 6.45) is -4.71. The van der Waals surface area contributed by atoms with Crippen molar-refractivity contribution in [2.75, 3.05) is 10.7 Å². The molecule has 0 heterocycles. The number of halogens is 3. The van der Waals surface area contributed by atoms with Crippen LogP contribution in [0.1, 0.15) is 31.8 Å². The highest BCUT2D eigenvalue weighted by Gasteiger charge is 2.34. The van der Waals surface area contributed by atoms with E-state index in [0.717, 1.165) is 6.07 Å². The molecule has 0 aliphatic carbocycles. The molecule has 3 N–H and O–H groups in total. The monoisotopic (exact) mass is 424 g/mol. The van der Waals surface area contributed by atoms with Gasteiger partial charge in [0.05, 0.1) is 22.9 Å². The summed E-state index contributed by atoms with van der Waals surface area (Å²) < 4.78 is 39.6. The zero-order valence-electron chi connectivity index (χ0n) is 15.8. The van der Waals surface area contributed by atoms with E-state index in [4.69, 9.17) is 5.26 Å². The average molecular weight is 424 g/mol. The minimum absolute atomic E-state index is 0.155. The van der Waals surface area contributed by atoms with Gasteiger partial charge >= 0.3 is 6.18 Å². The SMILES string of the molecule is N#Cc1ccc(NNC(=O)c2ccc(NC(=O)c3ccccc3)cc2)c(C(F)(F)F)c1. The van der Waals surface area contributed by atoms with Crippen molar-refractivity contribution in [3.05, 3.63) is 95.1 Å². The second-order valence-corrected chi connectivity index (χ2v) is 6.35. The molecular weight excluding hydrogens is 409 g/mol. The van der Waals surface area contributed by atoms with Crippen LogP contribution < -0.4 is 16.2 Å². The van der Waals surface area contributed by atoms with Gasteiger partial charge in [-0.15, -0.1) is 0 Å². The molecule has 3 aromatic rings. The number of nitrogens with zero attached hydrogens (tertiary/aromatic N) is 1. The maximum absolute atomic E-state index is 13.2. The van der Waals surface area contributed by atoms with E-state index >= 15 is 0 Å². The van der Waals surface area contributed by atoms with Gasteiger partial charge in [-0.1, -0.05) is 18.2 Å². The van der Waals surface area contributed by atoms with Crippen LogP contribution in [0.3, 0.4) is 0 Å². The molecule has 9 heteroatoms. The summed E-state index contributed by atoms with van der Waals surface area (Å²) in [5.74, 6) is -1.00. The fourth-order valence-electron chi connectivity index (χ4n) is 2.65. The van der Waals surface area contributed by atoms with Gasteiger partial charge in [-0.05, 0) is 54.6 Å². The number of hydrogen-bond donors (Lipinski definition) is 3. The van der Waals surface area contributed by atoms with Crippen LogP contribution in [-0.4, -0.2) is 11.8 Å². The minimum atomic E-state index is -4.71. The Morgan fingerprint density at radius 1 is 0.839 bits per heavy atom. The largest absolute Gasteiger partial charge is 0.418 e. The van der Waals surface area contributed by atoms with Crippen molar-refractivity contribution in [1.29, 1.82) is 5.26 Å². The van der Waals surface area contributed by atoms with Crippen LogP contribution in [0, 0.1) is 11.3 Å². The van der Waals surface area contributed by atoms with Gasteiger partial charge in [0.1, 0.15) is 0 Å². The summed E-state index contributed by atoms with van der Waals surface area (Å²) in [6, 6.07) is 19.0. The number of alkyl halides is 3. The molecule has 0 atom stereocenters. The van der Waals surface area contributed by atoms with E-state index in [0.29, 0.717) is 17.3 Å². The molecular formula is C22H15F3N4O2. The van der Waals surface area contributed by atoms with Crippen molar-refractivity contribution < 1.29 is 22.8 Å². The van der Waals surface area contributed by atoms with Crippen LogP contribution in [0.15, 0.2) is 72.8 Å². The van der Waals surface area contributed by atoms with Gasteiger partial charge in [-0.25, -0.2) is 0 Å². The standard InChI is InChI=1S/C22H15F3N4O2/c23-22(24,25)18-12-14(13-26)6-11-19(18)28-29-21(31)16-7-9-17(10-8-16)27-20(30)15-4-2-1-3-5-15/h1-12,28H,(H,27,30)(H,29,31). The summed E-state index contributed by atoms with van der Waals surface area (Å²) in [5, 5.41) is 11.5. The van der Waals surface area contributed by atoms with E-state index in [-0.39, 0.29) is 17.0 Å². The minimum Gasteiger partial charge on any atom is -0.322 e. The number of anilines is 2. The molecule has 0 aliphatic rings. The Hall–Kier alpha value is -4.32. The number of hydrogen-bond acceptors (Lipinski definition) is 4. The maximum Gasteiger partial charge on any atom is 0.418 e. The molecule has 0 radical (unpaired) electrons. The summed E-state index contributed by atoms with van der Waals surface area (Å²) in [4.78, 5) is 24.4. The lowest BCUT2D eigenvalue weighted by Crippen LogP contribution is -2.30. The van der Waals surface area contributed by atoms with Crippen molar-refractivity contribution in [3.8, 4) is 6.07 Å². The third-order valence-electron chi connectivity index (χ3n) is 4.21. The second-order valence-electron chi connectivity index (χ2n) is 6.35. The first-order chi connectivity index (χ1) is 14.8. The number of carbonyl (C=O) groups excluding carboxylic acids is 2. The molecule has 0 saturated heterocycles. The zero-order chi connectivity index (χ0) is 22.4. The molecule has 2 amide bonds. The number of carbonyl (C=O) groups is 2. The van der Waals surface area contributed by atoms with Gasteiger partial charge in [0, 0.05) is 16.8 Å². The highest BCUT2D eigenvalue weighted by Crippen LogP contribution is 2.35. The predicted molar refractivity (Wildman–Crippen MR) is 108 cm³/mol. The van der Waals surface area contributed by atoms with Crippen LogP contribution in [0.25, 0.3) is 0 Å². The van der Waals surface area contributed by atoms with Crippen LogP contribution in [-0.2, 0) is 6.18 Å². The molecule has 3 rings (SSSR count). The topological polar surface area (TPSA) is 94.0 Å². The van der Waals surface area contributed by atoms with E-state index in [1.165, 1.54) is 30.3 Å². The second kappa shape index (κ2) is 9.00. The van der Waals surface area contributed by atoms with E-state index in [1.807, 2.05) is 0 Å². The predicted octanol–water partition coefficient (Wildman–Crippen LogP) is 4.59. The highest BCUT2D eigenvalue weighted by atomic mass is 19.4. The van der Waals surface area contributed by atoms with E-state index in [2.05, 4.69) is 16.2 Å². The quantitative estimate of drug-likeness (QED) is 0.523. The van der Waals surface area contributed by atoms with Crippen LogP contribution in [0.4, 0.5) is 24.5 Å². The Bertz CT molecular complexity index is 1140. The van der Waals surface area contributed by atoms with Crippen molar-refractivity contribution in [3.63, 3.8) is 0 Å². The first kappa shape index (κ1) is 21.4. The fraction of sp³-hybridized carbons (Fsp3) is 0.0455. The van der Waals surface area contributed by atoms with Crippen molar-refractivity contribution >= 4 is 23.2 Å². The van der Waals surface area contributed by atoms with Crippen molar-refractivity contribution in [2.45, 2.75) is 6.18 Å². The summed E-state index contributed by atoms with van der Waals surface area (Å²) in [6.45, 7) is 0. The zero-order valence-corrected chi connectivity index (χ0v) is 15.8. The normalized spacial score (nSPS) is 10.6. The number of nitriles is 1. The Balaban J connectivity index is 1.65. The Morgan fingerprint density at radius 3 is 2.10 bits per heavy atom. The number of rotatable bonds is 5. The number of hydrazine groups is 1. The van der Waals surface area contributed by atoms with Crippen LogP contribution in [0.2, 0.25) is 0 Å². The summed E-state index contributed by atoms with van der Waals surface area (Å²) in [7, 11) is 0. The molecule has 0 fully saturated rings. The molecule has 0 saturated carbocycles. The lowest BCUT2D eigenvalue weighted by Gasteiger charge is -2.15. The molecule has 156 valence electrons. The first-order valence-electron chi connectivity index (χ1n) is 8.92. The lowest BCUT2D eigenvalue weighted by molar-refractivity contribution is -0.137. The van der Waals surface area contributed by atoms with Gasteiger partial charge in [0.25, 0.3) is 11.8 Å². The maximum atomic E-state index is 13.2. The van der Waals surface area contributed by atoms with Crippen molar-refractivity contribution in [1.82, 2.24) is 5.43 Å². The third kappa shape index (κ3) is 5.39. The first-order valence-corrected chi connectivity index (χ1v) is 8.92. The molecule has 6 nitrogen and oxygen atoms in total. The van der Waals surface area contributed by atoms with Gasteiger partial charge in [-0.2, -0.15) is 18.4 Å².